The van der Waals surface area contributed by atoms with Gasteiger partial charge in [-0.05, 0) is 61.4 Å². The van der Waals surface area contributed by atoms with Crippen molar-refractivity contribution < 1.29 is 9.90 Å². The summed E-state index contributed by atoms with van der Waals surface area (Å²) in [4.78, 5) is 10.6. The maximum atomic E-state index is 10.6. The van der Waals surface area contributed by atoms with E-state index in [0.717, 1.165) is 18.4 Å². The molecule has 0 aliphatic rings. The smallest absolute Gasteiger partial charge is 0.328 e. The quantitative estimate of drug-likeness (QED) is 0.793. The second kappa shape index (κ2) is 7.08. The number of allylic oxidation sites excluding steroid dienone is 1. The number of carbonyl (C=O) groups is 1. The molecular weight excluding hydrogens is 272 g/mol. The number of aryl methyl sites for hydroxylation is 3. The van der Waals surface area contributed by atoms with E-state index in [1.54, 1.807) is 0 Å². The van der Waals surface area contributed by atoms with Crippen LogP contribution in [0.4, 0.5) is 0 Å². The molecular formula is C20H22O2. The predicted octanol–water partition coefficient (Wildman–Crippen LogP) is 4.93. The van der Waals surface area contributed by atoms with Crippen LogP contribution in [0.5, 0.6) is 0 Å². The number of hydrogen-bond donors (Lipinski definition) is 1. The zero-order valence-electron chi connectivity index (χ0n) is 13.4. The summed E-state index contributed by atoms with van der Waals surface area (Å²) in [5.74, 6) is -0.873. The van der Waals surface area contributed by atoms with Gasteiger partial charge in [0.05, 0.1) is 0 Å². The predicted molar refractivity (Wildman–Crippen MR) is 91.1 cm³/mol. The lowest BCUT2D eigenvalue weighted by Gasteiger charge is -2.07. The first-order chi connectivity index (χ1) is 10.5. The van der Waals surface area contributed by atoms with E-state index >= 15 is 0 Å². The Morgan fingerprint density at radius 1 is 1.00 bits per heavy atom. The first kappa shape index (κ1) is 16.0. The fourth-order valence-electron chi connectivity index (χ4n) is 2.41. The fourth-order valence-corrected chi connectivity index (χ4v) is 2.41. The zero-order chi connectivity index (χ0) is 16.1. The zero-order valence-corrected chi connectivity index (χ0v) is 13.4. The summed E-state index contributed by atoms with van der Waals surface area (Å²) in [7, 11) is 0. The van der Waals surface area contributed by atoms with Crippen molar-refractivity contribution in [1.82, 2.24) is 0 Å². The lowest BCUT2D eigenvalue weighted by molar-refractivity contribution is -0.131. The van der Waals surface area contributed by atoms with Crippen molar-refractivity contribution in [3.05, 3.63) is 70.8 Å². The van der Waals surface area contributed by atoms with E-state index in [0.29, 0.717) is 0 Å². The van der Waals surface area contributed by atoms with Crippen LogP contribution in [0.25, 0.3) is 11.1 Å². The standard InChI is InChI=1S/C20H22O2/c1-14(12-20(21)22)4-6-17-7-10-18(11-8-17)19-9-5-15(2)16(3)13-19/h5,7-13H,4,6H2,1-3H3,(H,21,22)/b14-12+. The molecule has 0 fully saturated rings. The van der Waals surface area contributed by atoms with Gasteiger partial charge in [-0.15, -0.1) is 0 Å². The first-order valence-corrected chi connectivity index (χ1v) is 7.52. The summed E-state index contributed by atoms with van der Waals surface area (Å²) in [5.41, 5.74) is 7.18. The summed E-state index contributed by atoms with van der Waals surface area (Å²) >= 11 is 0. The van der Waals surface area contributed by atoms with Crippen molar-refractivity contribution in [2.45, 2.75) is 33.6 Å². The Kier molecular flexibility index (Phi) is 5.16. The highest BCUT2D eigenvalue weighted by molar-refractivity contribution is 5.80. The van der Waals surface area contributed by atoms with Crippen LogP contribution in [0, 0.1) is 13.8 Å². The van der Waals surface area contributed by atoms with Crippen molar-refractivity contribution in [3.8, 4) is 11.1 Å². The van der Waals surface area contributed by atoms with Gasteiger partial charge in [0.25, 0.3) is 0 Å². The monoisotopic (exact) mass is 294 g/mol. The van der Waals surface area contributed by atoms with Crippen LogP contribution in [0.1, 0.15) is 30.0 Å². The van der Waals surface area contributed by atoms with Crippen LogP contribution >= 0.6 is 0 Å². The maximum Gasteiger partial charge on any atom is 0.328 e. The van der Waals surface area contributed by atoms with Crippen LogP contribution in [-0.4, -0.2) is 11.1 Å². The summed E-state index contributed by atoms with van der Waals surface area (Å²) in [6.45, 7) is 6.11. The van der Waals surface area contributed by atoms with E-state index in [1.165, 1.54) is 33.9 Å². The molecule has 0 spiro atoms. The van der Waals surface area contributed by atoms with Gasteiger partial charge in [-0.2, -0.15) is 0 Å². The Morgan fingerprint density at radius 2 is 1.64 bits per heavy atom. The van der Waals surface area contributed by atoms with Gasteiger partial charge in [-0.1, -0.05) is 48.0 Å². The van der Waals surface area contributed by atoms with E-state index in [2.05, 4.69) is 56.3 Å². The topological polar surface area (TPSA) is 37.3 Å². The summed E-state index contributed by atoms with van der Waals surface area (Å²) in [6.07, 6.45) is 2.92. The van der Waals surface area contributed by atoms with Crippen molar-refractivity contribution in [3.63, 3.8) is 0 Å². The fraction of sp³-hybridized carbons (Fsp3) is 0.250. The van der Waals surface area contributed by atoms with Gasteiger partial charge in [0.2, 0.25) is 0 Å². The van der Waals surface area contributed by atoms with Gasteiger partial charge < -0.3 is 5.11 Å². The molecule has 2 rings (SSSR count). The van der Waals surface area contributed by atoms with Crippen LogP contribution in [0.3, 0.4) is 0 Å². The molecule has 0 amide bonds. The average Bonchev–Trinajstić information content (AvgIpc) is 2.48. The highest BCUT2D eigenvalue weighted by atomic mass is 16.4. The minimum atomic E-state index is -0.873. The lowest BCUT2D eigenvalue weighted by atomic mass is 9.98. The SMILES string of the molecule is C/C(=C\C(=O)O)CCc1ccc(-c2ccc(C)c(C)c2)cc1. The molecule has 0 aromatic heterocycles. The molecule has 0 bridgehead atoms. The van der Waals surface area contributed by atoms with Gasteiger partial charge in [0, 0.05) is 6.08 Å². The molecule has 114 valence electrons. The molecule has 0 radical (unpaired) electrons. The van der Waals surface area contributed by atoms with Crippen LogP contribution in [-0.2, 0) is 11.2 Å². The van der Waals surface area contributed by atoms with E-state index in [9.17, 15) is 4.79 Å². The summed E-state index contributed by atoms with van der Waals surface area (Å²) in [6, 6.07) is 15.0. The Morgan fingerprint density at radius 3 is 2.23 bits per heavy atom. The Balaban J connectivity index is 2.07. The molecule has 0 atom stereocenters. The molecule has 0 unspecified atom stereocenters. The lowest BCUT2D eigenvalue weighted by Crippen LogP contribution is -1.92. The maximum absolute atomic E-state index is 10.6. The number of aliphatic carboxylic acids is 1. The van der Waals surface area contributed by atoms with Crippen molar-refractivity contribution in [2.75, 3.05) is 0 Å². The summed E-state index contributed by atoms with van der Waals surface area (Å²) in [5, 5.41) is 8.71. The van der Waals surface area contributed by atoms with Gasteiger partial charge in [-0.3, -0.25) is 0 Å². The third-order valence-corrected chi connectivity index (χ3v) is 3.97. The first-order valence-electron chi connectivity index (χ1n) is 7.52. The minimum absolute atomic E-state index is 0.773. The largest absolute Gasteiger partial charge is 0.478 e. The van der Waals surface area contributed by atoms with Crippen molar-refractivity contribution in [2.24, 2.45) is 0 Å². The second-order valence-corrected chi connectivity index (χ2v) is 5.82. The second-order valence-electron chi connectivity index (χ2n) is 5.82. The Bertz CT molecular complexity index is 694. The number of hydrogen-bond acceptors (Lipinski definition) is 1. The van der Waals surface area contributed by atoms with Crippen molar-refractivity contribution >= 4 is 5.97 Å². The molecule has 0 saturated heterocycles. The van der Waals surface area contributed by atoms with Gasteiger partial charge in [0.1, 0.15) is 0 Å². The Hall–Kier alpha value is -2.35. The molecule has 2 nitrogen and oxygen atoms in total. The molecule has 0 heterocycles. The van der Waals surface area contributed by atoms with E-state index < -0.39 is 5.97 Å². The van der Waals surface area contributed by atoms with Crippen LogP contribution < -0.4 is 0 Å². The molecule has 1 N–H and O–H groups in total. The molecule has 0 aliphatic carbocycles. The molecule has 2 heteroatoms. The summed E-state index contributed by atoms with van der Waals surface area (Å²) < 4.78 is 0. The van der Waals surface area contributed by atoms with Gasteiger partial charge in [0.15, 0.2) is 0 Å². The van der Waals surface area contributed by atoms with E-state index in [1.807, 2.05) is 6.92 Å². The third-order valence-electron chi connectivity index (χ3n) is 3.97. The highest BCUT2D eigenvalue weighted by Crippen LogP contribution is 2.23. The van der Waals surface area contributed by atoms with E-state index in [-0.39, 0.29) is 0 Å². The molecule has 0 saturated carbocycles. The number of rotatable bonds is 5. The average molecular weight is 294 g/mol. The van der Waals surface area contributed by atoms with Gasteiger partial charge >= 0.3 is 5.97 Å². The highest BCUT2D eigenvalue weighted by Gasteiger charge is 2.01. The minimum Gasteiger partial charge on any atom is -0.478 e. The molecule has 0 aliphatic heterocycles. The van der Waals surface area contributed by atoms with Crippen molar-refractivity contribution in [1.29, 1.82) is 0 Å². The number of benzene rings is 2. The van der Waals surface area contributed by atoms with Crippen LogP contribution in [0.2, 0.25) is 0 Å². The normalized spacial score (nSPS) is 11.5. The molecule has 22 heavy (non-hydrogen) atoms. The Labute approximate surface area is 132 Å². The number of carboxylic acid groups (broad SMARTS) is 1. The molecule has 2 aromatic carbocycles. The number of carboxylic acids is 1. The van der Waals surface area contributed by atoms with Gasteiger partial charge in [-0.25, -0.2) is 4.79 Å². The third kappa shape index (κ3) is 4.32. The van der Waals surface area contributed by atoms with E-state index in [4.69, 9.17) is 5.11 Å². The molecule has 2 aromatic rings. The van der Waals surface area contributed by atoms with Crippen LogP contribution in [0.15, 0.2) is 54.1 Å².